The van der Waals surface area contributed by atoms with Gasteiger partial charge in [0.1, 0.15) is 0 Å². The lowest BCUT2D eigenvalue weighted by molar-refractivity contribution is -0.272. The third-order valence-electron chi connectivity index (χ3n) is 13.9. The molecule has 0 saturated heterocycles. The normalized spacial score (nSPS) is 51.3. The molecule has 37 heavy (non-hydrogen) atoms. The lowest BCUT2D eigenvalue weighted by atomic mass is 9.27. The molecule has 0 nitrogen and oxygen atoms in total. The topological polar surface area (TPSA) is 0 Å². The molecule has 0 aromatic rings. The maximum Gasteiger partial charge on any atom is 0.0274 e. The van der Waals surface area contributed by atoms with E-state index in [9.17, 15) is 0 Å². The summed E-state index contributed by atoms with van der Waals surface area (Å²) in [4.78, 5) is 0. The summed E-state index contributed by atoms with van der Waals surface area (Å²) < 4.78 is 0.458. The molecule has 0 aromatic heterocycles. The Balaban J connectivity index is 1.43. The summed E-state index contributed by atoms with van der Waals surface area (Å²) in [6.45, 7) is 9.79. The zero-order valence-electron chi connectivity index (χ0n) is 25.4. The van der Waals surface area contributed by atoms with Crippen LogP contribution in [-0.2, 0) is 0 Å². The third kappa shape index (κ3) is 4.47. The maximum atomic E-state index is 4.64. The summed E-state index contributed by atoms with van der Waals surface area (Å²) in [6, 6.07) is 0. The van der Waals surface area contributed by atoms with Crippen molar-refractivity contribution in [2.24, 2.45) is 38.4 Å². The van der Waals surface area contributed by atoms with Crippen LogP contribution in [0.2, 0.25) is 0 Å². The smallest absolute Gasteiger partial charge is 0.0274 e. The molecular formula is C36H61Br. The van der Waals surface area contributed by atoms with Crippen LogP contribution >= 0.6 is 15.9 Å². The van der Waals surface area contributed by atoms with Crippen molar-refractivity contribution in [3.63, 3.8) is 0 Å². The first kappa shape index (κ1) is 27.6. The van der Waals surface area contributed by atoms with Gasteiger partial charge in [0.25, 0.3) is 0 Å². The Labute approximate surface area is 239 Å². The maximum absolute atomic E-state index is 4.64. The lowest BCUT2D eigenvalue weighted by Crippen LogP contribution is -2.70. The highest BCUT2D eigenvalue weighted by Gasteiger charge is 2.75. The molecule has 8 fully saturated rings. The Bertz CT molecular complexity index is 792. The second-order valence-corrected chi connectivity index (χ2v) is 18.9. The summed E-state index contributed by atoms with van der Waals surface area (Å²) in [5.74, 6) is 1.06. The molecule has 0 spiro atoms. The summed E-state index contributed by atoms with van der Waals surface area (Å²) in [6.07, 6.45) is 36.9. The summed E-state index contributed by atoms with van der Waals surface area (Å²) >= 11 is 4.64. The zero-order chi connectivity index (χ0) is 26.0. The Morgan fingerprint density at radius 3 is 1.32 bits per heavy atom. The fourth-order valence-electron chi connectivity index (χ4n) is 14.2. The van der Waals surface area contributed by atoms with Crippen LogP contribution in [-0.4, -0.2) is 4.32 Å². The first-order chi connectivity index (χ1) is 17.6. The van der Waals surface area contributed by atoms with Crippen LogP contribution in [0.25, 0.3) is 0 Å². The molecule has 0 radical (unpaired) electrons. The molecule has 8 bridgehead atoms. The van der Waals surface area contributed by atoms with Crippen molar-refractivity contribution >= 4 is 15.9 Å². The van der Waals surface area contributed by atoms with Crippen LogP contribution in [0.1, 0.15) is 182 Å². The van der Waals surface area contributed by atoms with Crippen molar-refractivity contribution in [1.29, 1.82) is 0 Å². The molecule has 0 aromatic carbocycles. The van der Waals surface area contributed by atoms with Gasteiger partial charge in [-0.1, -0.05) is 95.0 Å². The number of alkyl halides is 1. The van der Waals surface area contributed by atoms with E-state index in [0.29, 0.717) is 36.8 Å². The van der Waals surface area contributed by atoms with Gasteiger partial charge >= 0.3 is 0 Å². The molecule has 0 aliphatic heterocycles. The Morgan fingerprint density at radius 2 is 0.865 bits per heavy atom. The van der Waals surface area contributed by atoms with Gasteiger partial charge in [-0.15, -0.1) is 0 Å². The average Bonchev–Trinajstić information content (AvgIpc) is 2.82. The van der Waals surface area contributed by atoms with Gasteiger partial charge in [0.15, 0.2) is 0 Å². The molecule has 8 rings (SSSR count). The van der Waals surface area contributed by atoms with Crippen molar-refractivity contribution in [1.82, 2.24) is 0 Å². The molecule has 4 unspecified atom stereocenters. The van der Waals surface area contributed by atoms with Gasteiger partial charge in [-0.2, -0.15) is 0 Å². The van der Waals surface area contributed by atoms with E-state index in [4.69, 9.17) is 0 Å². The van der Waals surface area contributed by atoms with E-state index < -0.39 is 0 Å². The quantitative estimate of drug-likeness (QED) is 0.192. The monoisotopic (exact) mass is 572 g/mol. The summed E-state index contributed by atoms with van der Waals surface area (Å²) in [5, 5.41) is 0. The van der Waals surface area contributed by atoms with Crippen LogP contribution in [0.15, 0.2) is 0 Å². The Kier molecular flexibility index (Phi) is 7.11. The minimum absolute atomic E-state index is 0.458. The van der Waals surface area contributed by atoms with Gasteiger partial charge < -0.3 is 0 Å². The van der Waals surface area contributed by atoms with E-state index in [1.165, 1.54) is 77.0 Å². The second-order valence-electron chi connectivity index (χ2n) is 17.2. The van der Waals surface area contributed by atoms with E-state index in [1.54, 1.807) is 77.0 Å². The molecule has 8 aliphatic carbocycles. The van der Waals surface area contributed by atoms with Crippen LogP contribution in [0.3, 0.4) is 0 Å². The van der Waals surface area contributed by atoms with Crippen LogP contribution in [0.5, 0.6) is 0 Å². The average molecular weight is 574 g/mol. The molecule has 1 heteroatoms. The zero-order valence-corrected chi connectivity index (χ0v) is 27.0. The number of unbranched alkanes of at least 4 members (excludes halogenated alkanes) is 4. The molecule has 212 valence electrons. The highest BCUT2D eigenvalue weighted by atomic mass is 79.9. The first-order valence-electron chi connectivity index (χ1n) is 17.3. The predicted octanol–water partition coefficient (Wildman–Crippen LogP) is 12.2. The fourth-order valence-corrected chi connectivity index (χ4v) is 16.0. The molecule has 0 N–H and O–H groups in total. The molecule has 8 saturated carbocycles. The van der Waals surface area contributed by atoms with Crippen LogP contribution < -0.4 is 0 Å². The van der Waals surface area contributed by atoms with Gasteiger partial charge in [0.2, 0.25) is 0 Å². The predicted molar refractivity (Wildman–Crippen MR) is 163 cm³/mol. The van der Waals surface area contributed by atoms with E-state index >= 15 is 0 Å². The van der Waals surface area contributed by atoms with Crippen LogP contribution in [0.4, 0.5) is 0 Å². The number of hydrogen-bond acceptors (Lipinski definition) is 0. The number of rotatable bonds is 13. The minimum Gasteiger partial charge on any atom is -0.0853 e. The molecule has 0 heterocycles. The van der Waals surface area contributed by atoms with Crippen molar-refractivity contribution in [3.05, 3.63) is 0 Å². The van der Waals surface area contributed by atoms with Crippen molar-refractivity contribution < 1.29 is 0 Å². The molecule has 0 amide bonds. The van der Waals surface area contributed by atoms with E-state index in [1.807, 2.05) is 0 Å². The molecular weight excluding hydrogens is 512 g/mol. The third-order valence-corrected chi connectivity index (χ3v) is 14.7. The van der Waals surface area contributed by atoms with Crippen molar-refractivity contribution in [2.75, 3.05) is 0 Å². The number of hydrogen-bond donors (Lipinski definition) is 0. The SMILES string of the molecule is CCCCC12CC3CC(CCCC)(C1)CC(C14CC5(Br)CC(CCCC)(CC(CCCC)(C5)C1)C4)(C3)C2. The summed E-state index contributed by atoms with van der Waals surface area (Å²) in [7, 11) is 0. The van der Waals surface area contributed by atoms with Gasteiger partial charge in [0.05, 0.1) is 0 Å². The van der Waals surface area contributed by atoms with Crippen molar-refractivity contribution in [2.45, 2.75) is 186 Å². The van der Waals surface area contributed by atoms with Gasteiger partial charge in [-0.3, -0.25) is 0 Å². The highest BCUT2D eigenvalue weighted by Crippen LogP contribution is 2.85. The van der Waals surface area contributed by atoms with E-state index in [0.717, 1.165) is 5.92 Å². The van der Waals surface area contributed by atoms with Gasteiger partial charge in [-0.25, -0.2) is 0 Å². The van der Waals surface area contributed by atoms with Crippen molar-refractivity contribution in [3.8, 4) is 0 Å². The van der Waals surface area contributed by atoms with E-state index in [-0.39, 0.29) is 0 Å². The van der Waals surface area contributed by atoms with Gasteiger partial charge in [0, 0.05) is 4.32 Å². The minimum atomic E-state index is 0.458. The standard InChI is InChI=1S/C36H61Br/c1-5-9-13-30-17-29-18-31(20-30,14-10-6-2)23-34(19-29,22-30)35-24-32(15-11-7-3)21-33(25-35,16-12-8-4)27-36(37,26-32)28-35/h29H,5-28H2,1-4H3. The van der Waals surface area contributed by atoms with Gasteiger partial charge in [-0.05, 0) is 141 Å². The van der Waals surface area contributed by atoms with Crippen LogP contribution in [0, 0.1) is 38.4 Å². The second kappa shape index (κ2) is 9.51. The Hall–Kier alpha value is 0.480. The molecule has 8 aliphatic rings. The lowest BCUT2D eigenvalue weighted by Gasteiger charge is -2.79. The Morgan fingerprint density at radius 1 is 0.459 bits per heavy atom. The summed E-state index contributed by atoms with van der Waals surface area (Å²) in [5.41, 5.74) is 4.03. The fraction of sp³-hybridized carbons (Fsp3) is 1.00. The first-order valence-corrected chi connectivity index (χ1v) is 18.1. The molecule has 4 atom stereocenters. The highest BCUT2D eigenvalue weighted by molar-refractivity contribution is 9.10. The number of halogens is 1. The van der Waals surface area contributed by atoms with E-state index in [2.05, 4.69) is 43.6 Å². The largest absolute Gasteiger partial charge is 0.0853 e.